The third-order valence-electron chi connectivity index (χ3n) is 1.20. The molecule has 2 nitrogen and oxygen atoms in total. The Labute approximate surface area is 81.7 Å². The molecule has 0 saturated heterocycles. The predicted molar refractivity (Wildman–Crippen MR) is 57.8 cm³/mol. The molecule has 0 bridgehead atoms. The lowest BCUT2D eigenvalue weighted by atomic mass is 10.3. The van der Waals surface area contributed by atoms with E-state index in [2.05, 4.69) is 25.7 Å². The van der Waals surface area contributed by atoms with Gasteiger partial charge in [0.2, 0.25) is 0 Å². The summed E-state index contributed by atoms with van der Waals surface area (Å²) in [5.41, 5.74) is 0. The SMILES string of the molecule is C/C=C/C=C/C(C#N)O[Si](C)(C)C. The monoisotopic (exact) mass is 195 g/mol. The molecule has 0 amide bonds. The lowest BCUT2D eigenvalue weighted by Crippen LogP contribution is -2.30. The van der Waals surface area contributed by atoms with Gasteiger partial charge in [-0.2, -0.15) is 5.26 Å². The molecule has 1 atom stereocenters. The Morgan fingerprint density at radius 2 is 1.92 bits per heavy atom. The largest absolute Gasteiger partial charge is 0.399 e. The van der Waals surface area contributed by atoms with Crippen LogP contribution < -0.4 is 0 Å². The molecule has 0 aromatic carbocycles. The van der Waals surface area contributed by atoms with Crippen molar-refractivity contribution in [3.63, 3.8) is 0 Å². The van der Waals surface area contributed by atoms with E-state index in [9.17, 15) is 0 Å². The maximum atomic E-state index is 8.76. The third-order valence-corrected chi connectivity index (χ3v) is 2.16. The van der Waals surface area contributed by atoms with Crippen LogP contribution in [0.3, 0.4) is 0 Å². The van der Waals surface area contributed by atoms with Gasteiger partial charge in [0.1, 0.15) is 0 Å². The van der Waals surface area contributed by atoms with Gasteiger partial charge in [-0.1, -0.05) is 18.2 Å². The first kappa shape index (κ1) is 12.1. The Balaban J connectivity index is 4.14. The van der Waals surface area contributed by atoms with E-state index < -0.39 is 14.4 Å². The van der Waals surface area contributed by atoms with Crippen molar-refractivity contribution in [1.82, 2.24) is 0 Å². The number of nitriles is 1. The highest BCUT2D eigenvalue weighted by Gasteiger charge is 2.18. The molecule has 0 N–H and O–H groups in total. The number of hydrogen-bond acceptors (Lipinski definition) is 2. The molecule has 0 fully saturated rings. The maximum absolute atomic E-state index is 8.76. The molecule has 1 unspecified atom stereocenters. The summed E-state index contributed by atoms with van der Waals surface area (Å²) >= 11 is 0. The molecule has 0 radical (unpaired) electrons. The molecular weight excluding hydrogens is 178 g/mol. The molecule has 0 saturated carbocycles. The normalized spacial score (nSPS) is 15.0. The number of hydrogen-bond donors (Lipinski definition) is 0. The van der Waals surface area contributed by atoms with Crippen molar-refractivity contribution in [3.05, 3.63) is 24.3 Å². The van der Waals surface area contributed by atoms with Crippen LogP contribution >= 0.6 is 0 Å². The van der Waals surface area contributed by atoms with E-state index in [0.29, 0.717) is 0 Å². The first-order valence-electron chi connectivity index (χ1n) is 4.36. The second kappa shape index (κ2) is 5.73. The van der Waals surface area contributed by atoms with Crippen molar-refractivity contribution >= 4 is 8.32 Å². The molecular formula is C10H17NOSi. The summed E-state index contributed by atoms with van der Waals surface area (Å²) in [5.74, 6) is 0. The number of nitrogens with zero attached hydrogens (tertiary/aromatic N) is 1. The van der Waals surface area contributed by atoms with Crippen LogP contribution in [-0.2, 0) is 4.43 Å². The Morgan fingerprint density at radius 1 is 1.31 bits per heavy atom. The Morgan fingerprint density at radius 3 is 2.31 bits per heavy atom. The maximum Gasteiger partial charge on any atom is 0.185 e. The summed E-state index contributed by atoms with van der Waals surface area (Å²) in [4.78, 5) is 0. The van der Waals surface area contributed by atoms with Crippen LogP contribution in [0.1, 0.15) is 6.92 Å². The molecule has 13 heavy (non-hydrogen) atoms. The summed E-state index contributed by atoms with van der Waals surface area (Å²) in [6.45, 7) is 8.15. The highest BCUT2D eigenvalue weighted by atomic mass is 28.4. The highest BCUT2D eigenvalue weighted by molar-refractivity contribution is 6.69. The van der Waals surface area contributed by atoms with Crippen molar-refractivity contribution in [1.29, 1.82) is 5.26 Å². The van der Waals surface area contributed by atoms with Gasteiger partial charge >= 0.3 is 0 Å². The molecule has 0 aromatic rings. The molecule has 0 aliphatic carbocycles. The Bertz CT molecular complexity index is 232. The number of rotatable bonds is 4. The van der Waals surface area contributed by atoms with Gasteiger partial charge in [0, 0.05) is 0 Å². The average molecular weight is 195 g/mol. The summed E-state index contributed by atoms with van der Waals surface area (Å²) in [6.07, 6.45) is 7.02. The second-order valence-corrected chi connectivity index (χ2v) is 8.15. The fourth-order valence-electron chi connectivity index (χ4n) is 0.766. The van der Waals surface area contributed by atoms with Gasteiger partial charge in [0.05, 0.1) is 6.07 Å². The van der Waals surface area contributed by atoms with Crippen molar-refractivity contribution in [2.45, 2.75) is 32.7 Å². The van der Waals surface area contributed by atoms with E-state index in [-0.39, 0.29) is 0 Å². The summed E-state index contributed by atoms with van der Waals surface area (Å²) < 4.78 is 5.59. The lowest BCUT2D eigenvalue weighted by molar-refractivity contribution is 0.296. The van der Waals surface area contributed by atoms with Crippen LogP contribution in [0.5, 0.6) is 0 Å². The smallest absolute Gasteiger partial charge is 0.185 e. The van der Waals surface area contributed by atoms with E-state index in [4.69, 9.17) is 9.69 Å². The van der Waals surface area contributed by atoms with Gasteiger partial charge in [-0.25, -0.2) is 0 Å². The highest BCUT2D eigenvalue weighted by Crippen LogP contribution is 2.07. The third kappa shape index (κ3) is 7.51. The van der Waals surface area contributed by atoms with E-state index >= 15 is 0 Å². The summed E-state index contributed by atoms with van der Waals surface area (Å²) in [5, 5.41) is 8.76. The molecule has 0 rings (SSSR count). The van der Waals surface area contributed by atoms with Crippen LogP contribution in [0.2, 0.25) is 19.6 Å². The standard InChI is InChI=1S/C10H17NOSi/c1-5-6-7-8-10(9-11)12-13(2,3)4/h5-8,10H,1-4H3/b6-5+,8-7+. The molecule has 3 heteroatoms. The van der Waals surface area contributed by atoms with Crippen LogP contribution in [0.15, 0.2) is 24.3 Å². The second-order valence-electron chi connectivity index (χ2n) is 3.69. The average Bonchev–Trinajstić information content (AvgIpc) is 2.01. The van der Waals surface area contributed by atoms with Crippen LogP contribution in [0, 0.1) is 11.3 Å². The summed E-state index contributed by atoms with van der Waals surface area (Å²) in [6, 6.07) is 2.11. The van der Waals surface area contributed by atoms with Gasteiger partial charge in [0.15, 0.2) is 14.4 Å². The van der Waals surface area contributed by atoms with Crippen molar-refractivity contribution in [2.75, 3.05) is 0 Å². The molecule has 0 aromatic heterocycles. The fraction of sp³-hybridized carbons (Fsp3) is 0.500. The molecule has 0 spiro atoms. The molecule has 0 aliphatic heterocycles. The van der Waals surface area contributed by atoms with Gasteiger partial charge in [-0.05, 0) is 32.6 Å². The van der Waals surface area contributed by atoms with E-state index in [0.717, 1.165) is 0 Å². The Kier molecular flexibility index (Phi) is 5.36. The lowest BCUT2D eigenvalue weighted by Gasteiger charge is -2.19. The first-order valence-corrected chi connectivity index (χ1v) is 7.77. The van der Waals surface area contributed by atoms with Crippen LogP contribution in [-0.4, -0.2) is 14.4 Å². The van der Waals surface area contributed by atoms with Crippen molar-refractivity contribution in [2.24, 2.45) is 0 Å². The minimum absolute atomic E-state index is 0.400. The quantitative estimate of drug-likeness (QED) is 0.510. The predicted octanol–water partition coefficient (Wildman–Crippen LogP) is 2.86. The number of allylic oxidation sites excluding steroid dienone is 3. The van der Waals surface area contributed by atoms with E-state index in [1.54, 1.807) is 6.08 Å². The van der Waals surface area contributed by atoms with Crippen LogP contribution in [0.25, 0.3) is 0 Å². The Hall–Kier alpha value is -0.853. The molecule has 0 aliphatic rings. The zero-order valence-corrected chi connectivity index (χ0v) is 9.74. The minimum atomic E-state index is -1.60. The summed E-state index contributed by atoms with van der Waals surface area (Å²) in [7, 11) is -1.60. The topological polar surface area (TPSA) is 33.0 Å². The minimum Gasteiger partial charge on any atom is -0.399 e. The van der Waals surface area contributed by atoms with Crippen molar-refractivity contribution < 1.29 is 4.43 Å². The van der Waals surface area contributed by atoms with Gasteiger partial charge < -0.3 is 4.43 Å². The van der Waals surface area contributed by atoms with Gasteiger partial charge in [0.25, 0.3) is 0 Å². The zero-order chi connectivity index (χ0) is 10.3. The van der Waals surface area contributed by atoms with E-state index in [1.165, 1.54) is 0 Å². The molecule has 0 heterocycles. The molecule has 72 valence electrons. The zero-order valence-electron chi connectivity index (χ0n) is 8.74. The van der Waals surface area contributed by atoms with Crippen LogP contribution in [0.4, 0.5) is 0 Å². The first-order chi connectivity index (χ1) is 5.99. The van der Waals surface area contributed by atoms with Gasteiger partial charge in [-0.3, -0.25) is 0 Å². The van der Waals surface area contributed by atoms with E-state index in [1.807, 2.05) is 25.2 Å². The van der Waals surface area contributed by atoms with Crippen molar-refractivity contribution in [3.8, 4) is 6.07 Å². The fourth-order valence-corrected chi connectivity index (χ4v) is 1.66. The van der Waals surface area contributed by atoms with Gasteiger partial charge in [-0.15, -0.1) is 0 Å².